The van der Waals surface area contributed by atoms with Crippen molar-refractivity contribution in [2.75, 3.05) is 24.8 Å². The molecular formula is C24H27N7O3S. The predicted molar refractivity (Wildman–Crippen MR) is 135 cm³/mol. The van der Waals surface area contributed by atoms with Gasteiger partial charge in [-0.1, -0.05) is 19.9 Å². The summed E-state index contributed by atoms with van der Waals surface area (Å²) in [5.74, 6) is 0.273. The molecule has 1 aromatic carbocycles. The van der Waals surface area contributed by atoms with Gasteiger partial charge in [0.05, 0.1) is 24.2 Å². The number of thioether (sulfide) groups is 1. The van der Waals surface area contributed by atoms with Crippen molar-refractivity contribution < 1.29 is 14.3 Å². The minimum Gasteiger partial charge on any atom is -0.494 e. The number of methoxy groups -OCH3 is 1. The van der Waals surface area contributed by atoms with Gasteiger partial charge < -0.3 is 20.7 Å². The minimum absolute atomic E-state index is 0.00929. The van der Waals surface area contributed by atoms with E-state index in [0.717, 1.165) is 23.4 Å². The van der Waals surface area contributed by atoms with Crippen LogP contribution in [-0.4, -0.2) is 51.6 Å². The molecule has 0 spiro atoms. The van der Waals surface area contributed by atoms with Crippen molar-refractivity contribution in [1.82, 2.24) is 25.7 Å². The molecule has 0 bridgehead atoms. The Bertz CT molecular complexity index is 1230. The van der Waals surface area contributed by atoms with Crippen molar-refractivity contribution in [2.24, 2.45) is 5.92 Å². The molecule has 1 saturated carbocycles. The fourth-order valence-corrected chi connectivity index (χ4v) is 4.10. The Hall–Kier alpha value is -3.73. The number of carbonyl (C=O) groups is 2. The summed E-state index contributed by atoms with van der Waals surface area (Å²) in [5.41, 5.74) is 2.42. The van der Waals surface area contributed by atoms with Crippen molar-refractivity contribution in [3.05, 3.63) is 42.1 Å². The number of para-hydroxylation sites is 1. The molecule has 0 radical (unpaired) electrons. The smallest absolute Gasteiger partial charge is 0.273 e. The van der Waals surface area contributed by atoms with E-state index in [1.54, 1.807) is 24.9 Å². The molecule has 3 N–H and O–H groups in total. The summed E-state index contributed by atoms with van der Waals surface area (Å²) in [4.78, 5) is 24.6. The summed E-state index contributed by atoms with van der Waals surface area (Å²) in [7, 11) is 3.07. The maximum Gasteiger partial charge on any atom is 0.273 e. The first-order chi connectivity index (χ1) is 16.9. The van der Waals surface area contributed by atoms with Crippen molar-refractivity contribution in [2.45, 2.75) is 37.0 Å². The van der Waals surface area contributed by atoms with Gasteiger partial charge in [-0.25, -0.2) is 0 Å². The largest absolute Gasteiger partial charge is 0.494 e. The molecule has 1 fully saturated rings. The van der Waals surface area contributed by atoms with Gasteiger partial charge in [0.15, 0.2) is 17.3 Å². The fourth-order valence-electron chi connectivity index (χ4n) is 3.38. The maximum absolute atomic E-state index is 12.4. The number of nitrogens with one attached hydrogen (secondary N) is 3. The second-order valence-corrected chi connectivity index (χ2v) is 9.87. The van der Waals surface area contributed by atoms with E-state index in [1.807, 2.05) is 30.3 Å². The number of hydrogen-bond donors (Lipinski definition) is 3. The van der Waals surface area contributed by atoms with Crippen LogP contribution in [0.2, 0.25) is 0 Å². The van der Waals surface area contributed by atoms with Gasteiger partial charge in [-0.3, -0.25) is 9.59 Å². The van der Waals surface area contributed by atoms with E-state index < -0.39 is 5.91 Å². The molecule has 0 aliphatic heterocycles. The molecule has 1 aliphatic rings. The number of ether oxygens (including phenoxy) is 1. The Balaban J connectivity index is 1.67. The Morgan fingerprint density at radius 1 is 1.06 bits per heavy atom. The fraction of sp³-hybridized carbons (Fsp3) is 0.333. The van der Waals surface area contributed by atoms with Gasteiger partial charge in [-0.2, -0.15) is 0 Å². The van der Waals surface area contributed by atoms with Gasteiger partial charge >= 0.3 is 0 Å². The summed E-state index contributed by atoms with van der Waals surface area (Å²) in [5, 5.41) is 26.5. The minimum atomic E-state index is -0.417. The number of amides is 2. The molecule has 3 aromatic rings. The molecule has 0 saturated heterocycles. The number of aromatic nitrogens is 4. The lowest BCUT2D eigenvalue weighted by molar-refractivity contribution is -0.117. The lowest BCUT2D eigenvalue weighted by atomic mass is 10.1. The highest BCUT2D eigenvalue weighted by molar-refractivity contribution is 7.99. The molecule has 182 valence electrons. The monoisotopic (exact) mass is 493 g/mol. The van der Waals surface area contributed by atoms with Crippen LogP contribution in [0.25, 0.3) is 11.3 Å². The number of nitrogens with zero attached hydrogens (tertiary/aromatic N) is 4. The normalized spacial score (nSPS) is 12.8. The van der Waals surface area contributed by atoms with Gasteiger partial charge in [0, 0.05) is 29.8 Å². The maximum atomic E-state index is 12.4. The lowest BCUT2D eigenvalue weighted by Gasteiger charge is -2.16. The lowest BCUT2D eigenvalue weighted by Crippen LogP contribution is -2.22. The summed E-state index contributed by atoms with van der Waals surface area (Å²) in [6.45, 7) is 4.20. The summed E-state index contributed by atoms with van der Waals surface area (Å²) in [6, 6.07) is 11.0. The summed E-state index contributed by atoms with van der Waals surface area (Å²) < 4.78 is 5.72. The molecule has 10 nitrogen and oxygen atoms in total. The van der Waals surface area contributed by atoms with Gasteiger partial charge in [-0.05, 0) is 37.1 Å². The van der Waals surface area contributed by atoms with Crippen molar-refractivity contribution in [1.29, 1.82) is 0 Å². The van der Waals surface area contributed by atoms with Crippen LogP contribution in [0.3, 0.4) is 0 Å². The van der Waals surface area contributed by atoms with Crippen molar-refractivity contribution >= 4 is 40.8 Å². The number of hydrogen-bond acceptors (Lipinski definition) is 9. The molecule has 2 heterocycles. The van der Waals surface area contributed by atoms with Gasteiger partial charge in [0.25, 0.3) is 5.91 Å². The molecule has 0 unspecified atom stereocenters. The van der Waals surface area contributed by atoms with Gasteiger partial charge in [0.1, 0.15) is 5.03 Å². The highest BCUT2D eigenvalue weighted by Gasteiger charge is 2.30. The van der Waals surface area contributed by atoms with Crippen LogP contribution in [-0.2, 0) is 4.79 Å². The van der Waals surface area contributed by atoms with Crippen LogP contribution in [0.5, 0.6) is 5.75 Å². The van der Waals surface area contributed by atoms with E-state index in [0.29, 0.717) is 28.1 Å². The molecular weight excluding hydrogens is 466 g/mol. The highest BCUT2D eigenvalue weighted by Crippen LogP contribution is 2.38. The second kappa shape index (κ2) is 10.7. The Morgan fingerprint density at radius 2 is 1.86 bits per heavy atom. The van der Waals surface area contributed by atoms with E-state index in [2.05, 4.69) is 50.2 Å². The molecule has 2 amide bonds. The number of carbonyl (C=O) groups excluding carboxylic acids is 2. The third kappa shape index (κ3) is 5.86. The van der Waals surface area contributed by atoms with E-state index >= 15 is 0 Å². The topological polar surface area (TPSA) is 131 Å². The third-order valence-electron chi connectivity index (χ3n) is 5.20. The zero-order chi connectivity index (χ0) is 24.9. The Morgan fingerprint density at radius 3 is 2.49 bits per heavy atom. The molecule has 0 atom stereocenters. The van der Waals surface area contributed by atoms with E-state index in [4.69, 9.17) is 4.74 Å². The highest BCUT2D eigenvalue weighted by atomic mass is 32.2. The number of rotatable bonds is 9. The number of benzene rings is 1. The van der Waals surface area contributed by atoms with Crippen LogP contribution in [0.1, 0.15) is 37.2 Å². The third-order valence-corrected chi connectivity index (χ3v) is 6.13. The SMILES string of the molecule is CNC(=O)c1nnc(NC(=O)C2CC2)cc1Nc1cccc(-c2ccc(SC(C)C)nn2)c1OC. The second-order valence-electron chi connectivity index (χ2n) is 8.27. The first kappa shape index (κ1) is 24.4. The van der Waals surface area contributed by atoms with Crippen LogP contribution >= 0.6 is 11.8 Å². The molecule has 1 aliphatic carbocycles. The zero-order valence-electron chi connectivity index (χ0n) is 20.0. The standard InChI is InChI=1S/C24H27N7O3S/c1-13(2)35-20-11-10-16(28-30-20)15-6-5-7-17(22(15)34-4)26-18-12-19(27-23(32)14-8-9-14)29-31-21(18)24(33)25-3/h5-7,10-14H,8-9H2,1-4H3,(H,25,33)(H2,26,27,29,32). The number of anilines is 3. The average Bonchev–Trinajstić information content (AvgIpc) is 3.69. The van der Waals surface area contributed by atoms with Crippen LogP contribution < -0.4 is 20.7 Å². The van der Waals surface area contributed by atoms with E-state index in [9.17, 15) is 9.59 Å². The summed E-state index contributed by atoms with van der Waals surface area (Å²) >= 11 is 1.64. The Kier molecular flexibility index (Phi) is 7.45. The van der Waals surface area contributed by atoms with Crippen LogP contribution in [0.4, 0.5) is 17.2 Å². The summed E-state index contributed by atoms with van der Waals surface area (Å²) in [6.07, 6.45) is 1.73. The zero-order valence-corrected chi connectivity index (χ0v) is 20.8. The average molecular weight is 494 g/mol. The van der Waals surface area contributed by atoms with E-state index in [1.165, 1.54) is 7.05 Å². The Labute approximate surface area is 207 Å². The van der Waals surface area contributed by atoms with E-state index in [-0.39, 0.29) is 23.3 Å². The molecule has 35 heavy (non-hydrogen) atoms. The molecule has 2 aromatic heterocycles. The predicted octanol–water partition coefficient (Wildman–Crippen LogP) is 3.89. The van der Waals surface area contributed by atoms with Crippen molar-refractivity contribution in [3.8, 4) is 17.0 Å². The van der Waals surface area contributed by atoms with Gasteiger partial charge in [0.2, 0.25) is 5.91 Å². The first-order valence-corrected chi connectivity index (χ1v) is 12.1. The van der Waals surface area contributed by atoms with Crippen LogP contribution in [0.15, 0.2) is 41.4 Å². The van der Waals surface area contributed by atoms with Crippen molar-refractivity contribution in [3.63, 3.8) is 0 Å². The molecule has 11 heteroatoms. The van der Waals surface area contributed by atoms with Gasteiger partial charge in [-0.15, -0.1) is 32.2 Å². The van der Waals surface area contributed by atoms with Crippen LogP contribution in [0, 0.1) is 5.92 Å². The first-order valence-electron chi connectivity index (χ1n) is 11.2. The molecule has 4 rings (SSSR count). The quantitative estimate of drug-likeness (QED) is 0.380.